The molecule has 1 aliphatic rings. The summed E-state index contributed by atoms with van der Waals surface area (Å²) in [5.74, 6) is 1.80. The van der Waals surface area contributed by atoms with Crippen molar-refractivity contribution < 1.29 is 14.7 Å². The molecule has 1 heterocycles. The summed E-state index contributed by atoms with van der Waals surface area (Å²) in [6, 6.07) is 4.52. The second-order valence-electron chi connectivity index (χ2n) is 3.68. The lowest BCUT2D eigenvalue weighted by Crippen LogP contribution is -2.28. The molecular formula is C13H8ClNO3S. The topological polar surface area (TPSA) is 57.6 Å². The number of halogens is 1. The van der Waals surface area contributed by atoms with Gasteiger partial charge >= 0.3 is 0 Å². The number of carbonyl (C=O) groups is 2. The van der Waals surface area contributed by atoms with Crippen LogP contribution in [0, 0.1) is 12.3 Å². The molecule has 1 fully saturated rings. The summed E-state index contributed by atoms with van der Waals surface area (Å²) < 4.78 is 0. The number of rotatable bonds is 2. The van der Waals surface area contributed by atoms with E-state index in [2.05, 4.69) is 5.92 Å². The van der Waals surface area contributed by atoms with E-state index in [4.69, 9.17) is 18.0 Å². The zero-order valence-corrected chi connectivity index (χ0v) is 11.2. The molecule has 0 atom stereocenters. The van der Waals surface area contributed by atoms with Gasteiger partial charge in [-0.05, 0) is 35.5 Å². The van der Waals surface area contributed by atoms with Gasteiger partial charge in [-0.25, -0.2) is 0 Å². The molecule has 1 aliphatic heterocycles. The van der Waals surface area contributed by atoms with Crippen LogP contribution in [0.3, 0.4) is 0 Å². The largest absolute Gasteiger partial charge is 0.506 e. The van der Waals surface area contributed by atoms with Crippen LogP contribution in [0.15, 0.2) is 23.1 Å². The lowest BCUT2D eigenvalue weighted by Gasteiger charge is -2.06. The van der Waals surface area contributed by atoms with E-state index in [1.165, 1.54) is 18.2 Å². The van der Waals surface area contributed by atoms with Crippen molar-refractivity contribution in [3.05, 3.63) is 33.7 Å². The van der Waals surface area contributed by atoms with Crippen LogP contribution in [-0.2, 0) is 4.79 Å². The highest BCUT2D eigenvalue weighted by atomic mass is 35.5. The number of amides is 2. The minimum absolute atomic E-state index is 0.0424. The van der Waals surface area contributed by atoms with Crippen molar-refractivity contribution >= 4 is 40.6 Å². The normalized spacial score (nSPS) is 17.1. The molecule has 0 aromatic heterocycles. The number of terminal acetylenes is 1. The predicted octanol–water partition coefficient (Wildman–Crippen LogP) is 2.72. The zero-order valence-electron chi connectivity index (χ0n) is 9.59. The molecule has 1 saturated heterocycles. The average molecular weight is 294 g/mol. The first kappa shape index (κ1) is 13.5. The number of benzene rings is 1. The van der Waals surface area contributed by atoms with Gasteiger partial charge in [0.1, 0.15) is 5.75 Å². The quantitative estimate of drug-likeness (QED) is 0.673. The van der Waals surface area contributed by atoms with Crippen molar-refractivity contribution in [3.63, 3.8) is 0 Å². The number of nitrogens with zero attached hydrogens (tertiary/aromatic N) is 1. The SMILES string of the molecule is C#CCN1C(=O)S/C(=C\c2ccc(O)c(Cl)c2)C1=O. The standard InChI is InChI=1S/C13H8ClNO3S/c1-2-5-15-12(17)11(19-13(15)18)7-8-3-4-10(16)9(14)6-8/h1,3-4,6-7,16H,5H2/b11-7-. The third kappa shape index (κ3) is 2.75. The molecule has 0 unspecified atom stereocenters. The maximum Gasteiger partial charge on any atom is 0.294 e. The molecule has 0 aliphatic carbocycles. The number of phenols is 1. The van der Waals surface area contributed by atoms with E-state index in [1.807, 2.05) is 0 Å². The summed E-state index contributed by atoms with van der Waals surface area (Å²) in [5, 5.41) is 9.09. The van der Waals surface area contributed by atoms with Gasteiger partial charge in [0.25, 0.3) is 11.1 Å². The summed E-state index contributed by atoms with van der Waals surface area (Å²) in [6.45, 7) is -0.0433. The highest BCUT2D eigenvalue weighted by Crippen LogP contribution is 2.33. The van der Waals surface area contributed by atoms with Gasteiger partial charge < -0.3 is 5.11 Å². The lowest BCUT2D eigenvalue weighted by molar-refractivity contribution is -0.122. The molecule has 2 amide bonds. The van der Waals surface area contributed by atoms with E-state index < -0.39 is 5.91 Å². The van der Waals surface area contributed by atoms with E-state index in [-0.39, 0.29) is 27.5 Å². The number of thioether (sulfide) groups is 1. The number of carbonyl (C=O) groups excluding carboxylic acids is 2. The Kier molecular flexibility index (Phi) is 3.84. The molecule has 1 aromatic rings. The average Bonchev–Trinajstić information content (AvgIpc) is 2.62. The molecule has 19 heavy (non-hydrogen) atoms. The van der Waals surface area contributed by atoms with Crippen LogP contribution < -0.4 is 0 Å². The molecule has 1 N–H and O–H groups in total. The number of aromatic hydroxyl groups is 1. The maximum atomic E-state index is 11.9. The van der Waals surface area contributed by atoms with Crippen LogP contribution in [-0.4, -0.2) is 27.7 Å². The highest BCUT2D eigenvalue weighted by molar-refractivity contribution is 8.18. The molecule has 6 heteroatoms. The Labute approximate surface area is 119 Å². The molecule has 2 rings (SSSR count). The second-order valence-corrected chi connectivity index (χ2v) is 5.08. The Balaban J connectivity index is 2.30. The van der Waals surface area contributed by atoms with Crippen molar-refractivity contribution in [1.82, 2.24) is 4.90 Å². The first-order valence-corrected chi connectivity index (χ1v) is 6.39. The minimum Gasteiger partial charge on any atom is -0.506 e. The first-order valence-electron chi connectivity index (χ1n) is 5.20. The lowest BCUT2D eigenvalue weighted by atomic mass is 10.2. The van der Waals surface area contributed by atoms with Gasteiger partial charge in [0, 0.05) is 0 Å². The summed E-state index contributed by atoms with van der Waals surface area (Å²) in [4.78, 5) is 24.7. The molecule has 96 valence electrons. The maximum absolute atomic E-state index is 11.9. The van der Waals surface area contributed by atoms with Crippen molar-refractivity contribution in [2.45, 2.75) is 0 Å². The molecule has 0 bridgehead atoms. The van der Waals surface area contributed by atoms with Crippen molar-refractivity contribution in [2.75, 3.05) is 6.54 Å². The summed E-state index contributed by atoms with van der Waals surface area (Å²) in [6.07, 6.45) is 6.63. The third-order valence-electron chi connectivity index (χ3n) is 2.39. The fourth-order valence-corrected chi connectivity index (χ4v) is 2.52. The number of hydrogen-bond acceptors (Lipinski definition) is 4. The molecule has 1 aromatic carbocycles. The van der Waals surface area contributed by atoms with Gasteiger partial charge in [-0.15, -0.1) is 6.42 Å². The van der Waals surface area contributed by atoms with Crippen molar-refractivity contribution in [2.24, 2.45) is 0 Å². The Bertz CT molecular complexity index is 633. The second kappa shape index (κ2) is 5.39. The van der Waals surface area contributed by atoms with Crippen molar-refractivity contribution in [1.29, 1.82) is 0 Å². The summed E-state index contributed by atoms with van der Waals surface area (Å²) in [5.41, 5.74) is 0.619. The number of imide groups is 1. The van der Waals surface area contributed by atoms with Crippen LogP contribution in [0.1, 0.15) is 5.56 Å². The smallest absolute Gasteiger partial charge is 0.294 e. The van der Waals surface area contributed by atoms with Crippen LogP contribution in [0.2, 0.25) is 5.02 Å². The van der Waals surface area contributed by atoms with E-state index in [0.29, 0.717) is 5.56 Å². The van der Waals surface area contributed by atoms with E-state index in [9.17, 15) is 14.7 Å². The van der Waals surface area contributed by atoms with E-state index >= 15 is 0 Å². The Morgan fingerprint density at radius 1 is 1.47 bits per heavy atom. The summed E-state index contributed by atoms with van der Waals surface area (Å²) >= 11 is 6.59. The van der Waals surface area contributed by atoms with Crippen LogP contribution >= 0.6 is 23.4 Å². The first-order chi connectivity index (χ1) is 9.02. The van der Waals surface area contributed by atoms with Gasteiger partial charge in [-0.3, -0.25) is 14.5 Å². The predicted molar refractivity (Wildman–Crippen MR) is 74.6 cm³/mol. The van der Waals surface area contributed by atoms with E-state index in [1.54, 1.807) is 6.07 Å². The number of phenolic OH excluding ortho intramolecular Hbond substituents is 1. The Morgan fingerprint density at radius 3 is 2.84 bits per heavy atom. The highest BCUT2D eigenvalue weighted by Gasteiger charge is 2.34. The van der Waals surface area contributed by atoms with Crippen molar-refractivity contribution in [3.8, 4) is 18.1 Å². The molecule has 0 radical (unpaired) electrons. The van der Waals surface area contributed by atoms with Gasteiger partial charge in [0.2, 0.25) is 0 Å². The van der Waals surface area contributed by atoms with Gasteiger partial charge in [-0.1, -0.05) is 23.6 Å². The Morgan fingerprint density at radius 2 is 2.21 bits per heavy atom. The fraction of sp³-hybridized carbons (Fsp3) is 0.0769. The zero-order chi connectivity index (χ0) is 14.0. The third-order valence-corrected chi connectivity index (χ3v) is 3.60. The minimum atomic E-state index is -0.419. The van der Waals surface area contributed by atoms with Gasteiger partial charge in [0.15, 0.2) is 0 Å². The fourth-order valence-electron chi connectivity index (χ4n) is 1.49. The van der Waals surface area contributed by atoms with Gasteiger partial charge in [0.05, 0.1) is 16.5 Å². The molecular weight excluding hydrogens is 286 g/mol. The van der Waals surface area contributed by atoms with E-state index in [0.717, 1.165) is 16.7 Å². The van der Waals surface area contributed by atoms with Gasteiger partial charge in [-0.2, -0.15) is 0 Å². The summed E-state index contributed by atoms with van der Waals surface area (Å²) in [7, 11) is 0. The van der Waals surface area contributed by atoms with Crippen LogP contribution in [0.25, 0.3) is 6.08 Å². The monoisotopic (exact) mass is 293 g/mol. The Hall–Kier alpha value is -1.90. The molecule has 4 nitrogen and oxygen atoms in total. The van der Waals surface area contributed by atoms with Crippen LogP contribution in [0.4, 0.5) is 4.79 Å². The molecule has 0 saturated carbocycles. The van der Waals surface area contributed by atoms with Crippen LogP contribution in [0.5, 0.6) is 5.75 Å². The molecule has 0 spiro atoms. The number of hydrogen-bond donors (Lipinski definition) is 1.